The number of amides is 3. The number of thioether (sulfide) groups is 1. The van der Waals surface area contributed by atoms with Crippen LogP contribution in [0.5, 0.6) is 0 Å². The highest BCUT2D eigenvalue weighted by atomic mass is 32.2. The third-order valence-electron chi connectivity index (χ3n) is 4.66. The van der Waals surface area contributed by atoms with Crippen LogP contribution in [0, 0.1) is 13.8 Å². The van der Waals surface area contributed by atoms with Gasteiger partial charge >= 0.3 is 0 Å². The summed E-state index contributed by atoms with van der Waals surface area (Å²) in [4.78, 5) is 39.2. The molecule has 0 aliphatic carbocycles. The molecule has 1 aliphatic heterocycles. The van der Waals surface area contributed by atoms with Gasteiger partial charge in [-0.3, -0.25) is 19.3 Å². The molecule has 1 N–H and O–H groups in total. The molecule has 28 heavy (non-hydrogen) atoms. The number of carbonyl (C=O) groups is 3. The summed E-state index contributed by atoms with van der Waals surface area (Å²) in [6.45, 7) is 4.53. The van der Waals surface area contributed by atoms with Crippen molar-refractivity contribution in [3.05, 3.63) is 29.3 Å². The minimum absolute atomic E-state index is 0.0282. The number of nitrogens with one attached hydrogen (secondary N) is 1. The summed E-state index contributed by atoms with van der Waals surface area (Å²) in [7, 11) is 1.64. The predicted molar refractivity (Wildman–Crippen MR) is 117 cm³/mol. The van der Waals surface area contributed by atoms with Gasteiger partial charge in [-0.1, -0.05) is 48.6 Å². The molecule has 1 aliphatic rings. The highest BCUT2D eigenvalue weighted by molar-refractivity contribution is 8.23. The Morgan fingerprint density at radius 1 is 1.21 bits per heavy atom. The molecule has 0 saturated carbocycles. The quantitative estimate of drug-likeness (QED) is 0.490. The molecule has 8 heteroatoms. The maximum atomic E-state index is 12.3. The highest BCUT2D eigenvalue weighted by Crippen LogP contribution is 2.20. The van der Waals surface area contributed by atoms with Crippen molar-refractivity contribution in [2.45, 2.75) is 39.5 Å². The zero-order valence-electron chi connectivity index (χ0n) is 16.6. The van der Waals surface area contributed by atoms with E-state index in [9.17, 15) is 14.4 Å². The van der Waals surface area contributed by atoms with Crippen molar-refractivity contribution in [1.82, 2.24) is 9.80 Å². The first-order chi connectivity index (χ1) is 13.3. The SMILES string of the molecule is Cc1cccc(C)c1NC(=O)CN(C)C(=O)CCCCCN1C(=O)CSC1=S. The number of hydrogen-bond donors (Lipinski definition) is 1. The zero-order valence-corrected chi connectivity index (χ0v) is 18.3. The Kier molecular flexibility index (Phi) is 8.44. The fourth-order valence-electron chi connectivity index (χ4n) is 3.01. The Balaban J connectivity index is 1.67. The number of thiocarbonyl (C=S) groups is 1. The molecule has 6 nitrogen and oxygen atoms in total. The topological polar surface area (TPSA) is 69.7 Å². The third kappa shape index (κ3) is 6.31. The molecule has 152 valence electrons. The first-order valence-corrected chi connectivity index (χ1v) is 10.8. The molecule has 0 atom stereocenters. The van der Waals surface area contributed by atoms with Crippen LogP contribution in [0.3, 0.4) is 0 Å². The van der Waals surface area contributed by atoms with Crippen LogP contribution in [0.4, 0.5) is 5.69 Å². The normalized spacial score (nSPS) is 13.8. The minimum Gasteiger partial charge on any atom is -0.336 e. The summed E-state index contributed by atoms with van der Waals surface area (Å²) in [6, 6.07) is 5.83. The van der Waals surface area contributed by atoms with Crippen LogP contribution in [0.15, 0.2) is 18.2 Å². The number of unbranched alkanes of at least 4 members (excludes halogenated alkanes) is 2. The van der Waals surface area contributed by atoms with Gasteiger partial charge in [-0.25, -0.2) is 0 Å². The number of para-hydroxylation sites is 1. The molecule has 0 spiro atoms. The Hall–Kier alpha value is -1.93. The number of rotatable bonds is 9. The van der Waals surface area contributed by atoms with E-state index in [1.165, 1.54) is 16.7 Å². The van der Waals surface area contributed by atoms with Crippen LogP contribution in [-0.2, 0) is 14.4 Å². The number of likely N-dealkylation sites (N-methyl/N-ethyl adjacent to an activating group) is 1. The highest BCUT2D eigenvalue weighted by Gasteiger charge is 2.25. The zero-order chi connectivity index (χ0) is 20.7. The summed E-state index contributed by atoms with van der Waals surface area (Å²) in [5.41, 5.74) is 2.80. The van der Waals surface area contributed by atoms with Gasteiger partial charge in [-0.05, 0) is 37.8 Å². The van der Waals surface area contributed by atoms with Crippen LogP contribution in [-0.4, -0.2) is 57.7 Å². The van der Waals surface area contributed by atoms with E-state index in [4.69, 9.17) is 12.2 Å². The summed E-state index contributed by atoms with van der Waals surface area (Å²) >= 11 is 6.55. The lowest BCUT2D eigenvalue weighted by Crippen LogP contribution is -2.35. The molecule has 0 aromatic heterocycles. The van der Waals surface area contributed by atoms with E-state index in [0.717, 1.165) is 36.1 Å². The van der Waals surface area contributed by atoms with E-state index in [2.05, 4.69) is 5.32 Å². The smallest absolute Gasteiger partial charge is 0.243 e. The number of aryl methyl sites for hydroxylation is 2. The number of benzene rings is 1. The van der Waals surface area contributed by atoms with Gasteiger partial charge in [0, 0.05) is 25.7 Å². The Bertz CT molecular complexity index is 731. The lowest BCUT2D eigenvalue weighted by molar-refractivity contribution is -0.133. The van der Waals surface area contributed by atoms with Crippen molar-refractivity contribution in [3.63, 3.8) is 0 Å². The fraction of sp³-hybridized carbons (Fsp3) is 0.500. The second kappa shape index (κ2) is 10.6. The van der Waals surface area contributed by atoms with Gasteiger partial charge in [0.2, 0.25) is 17.7 Å². The number of hydrogen-bond acceptors (Lipinski definition) is 5. The fourth-order valence-corrected chi connectivity index (χ4v) is 4.13. The van der Waals surface area contributed by atoms with E-state index in [1.54, 1.807) is 11.9 Å². The second-order valence-electron chi connectivity index (χ2n) is 6.98. The average molecular weight is 422 g/mol. The maximum absolute atomic E-state index is 12.3. The van der Waals surface area contributed by atoms with Gasteiger partial charge in [-0.15, -0.1) is 0 Å². The van der Waals surface area contributed by atoms with E-state index in [1.807, 2.05) is 32.0 Å². The molecule has 0 bridgehead atoms. The molecular weight excluding hydrogens is 394 g/mol. The van der Waals surface area contributed by atoms with Crippen LogP contribution >= 0.6 is 24.0 Å². The minimum atomic E-state index is -0.202. The van der Waals surface area contributed by atoms with Gasteiger partial charge in [0.05, 0.1) is 12.3 Å². The van der Waals surface area contributed by atoms with E-state index >= 15 is 0 Å². The first-order valence-electron chi connectivity index (χ1n) is 9.36. The molecule has 1 aromatic rings. The second-order valence-corrected chi connectivity index (χ2v) is 8.58. The molecule has 1 saturated heterocycles. The number of anilines is 1. The summed E-state index contributed by atoms with van der Waals surface area (Å²) < 4.78 is 0.649. The van der Waals surface area contributed by atoms with Gasteiger partial charge in [0.25, 0.3) is 0 Å². The molecule has 1 fully saturated rings. The Morgan fingerprint density at radius 3 is 2.50 bits per heavy atom. The standard InChI is InChI=1S/C20H27N3O3S2/c1-14-8-7-9-15(2)19(14)21-16(24)12-22(3)17(25)10-5-4-6-11-23-18(26)13-28-20(23)27/h7-9H,4-6,10-13H2,1-3H3,(H,21,24). The van der Waals surface area contributed by atoms with Crippen molar-refractivity contribution in [1.29, 1.82) is 0 Å². The van der Waals surface area contributed by atoms with E-state index in [0.29, 0.717) is 23.0 Å². The molecule has 3 amide bonds. The summed E-state index contributed by atoms with van der Waals surface area (Å²) in [5, 5.41) is 2.90. The number of nitrogens with zero attached hydrogens (tertiary/aromatic N) is 2. The third-order valence-corrected chi connectivity index (χ3v) is 6.10. The molecule has 2 rings (SSSR count). The maximum Gasteiger partial charge on any atom is 0.243 e. The lowest BCUT2D eigenvalue weighted by Gasteiger charge is -2.18. The van der Waals surface area contributed by atoms with Gasteiger partial charge in [-0.2, -0.15) is 0 Å². The average Bonchev–Trinajstić information content (AvgIpc) is 2.96. The first kappa shape index (κ1) is 22.4. The largest absolute Gasteiger partial charge is 0.336 e. The van der Waals surface area contributed by atoms with Crippen LogP contribution in [0.1, 0.15) is 36.8 Å². The van der Waals surface area contributed by atoms with Crippen molar-refractivity contribution in [3.8, 4) is 0 Å². The van der Waals surface area contributed by atoms with Crippen molar-refractivity contribution >= 4 is 51.7 Å². The molecule has 1 heterocycles. The monoisotopic (exact) mass is 421 g/mol. The van der Waals surface area contributed by atoms with Crippen LogP contribution in [0.2, 0.25) is 0 Å². The van der Waals surface area contributed by atoms with Gasteiger partial charge in [0.15, 0.2) is 0 Å². The van der Waals surface area contributed by atoms with Gasteiger partial charge in [0.1, 0.15) is 4.32 Å². The predicted octanol–water partition coefficient (Wildman–Crippen LogP) is 3.12. The summed E-state index contributed by atoms with van der Waals surface area (Å²) in [5.74, 6) is 0.249. The number of carbonyl (C=O) groups excluding carboxylic acids is 3. The Morgan fingerprint density at radius 2 is 1.89 bits per heavy atom. The molecule has 0 radical (unpaired) electrons. The Labute approximate surface area is 176 Å². The van der Waals surface area contributed by atoms with E-state index < -0.39 is 0 Å². The summed E-state index contributed by atoms with van der Waals surface area (Å²) in [6.07, 6.45) is 2.77. The molecule has 0 unspecified atom stereocenters. The van der Waals surface area contributed by atoms with Crippen molar-refractivity contribution in [2.24, 2.45) is 0 Å². The van der Waals surface area contributed by atoms with E-state index in [-0.39, 0.29) is 24.3 Å². The van der Waals surface area contributed by atoms with Crippen LogP contribution in [0.25, 0.3) is 0 Å². The lowest BCUT2D eigenvalue weighted by atomic mass is 10.1. The van der Waals surface area contributed by atoms with Crippen molar-refractivity contribution < 1.29 is 14.4 Å². The molecule has 1 aromatic carbocycles. The molecular formula is C20H27N3O3S2. The van der Waals surface area contributed by atoms with Gasteiger partial charge < -0.3 is 10.2 Å². The van der Waals surface area contributed by atoms with Crippen LogP contribution < -0.4 is 5.32 Å². The van der Waals surface area contributed by atoms with Crippen molar-refractivity contribution in [2.75, 3.05) is 31.2 Å².